The highest BCUT2D eigenvalue weighted by atomic mass is 32.1. The summed E-state index contributed by atoms with van der Waals surface area (Å²) in [6.45, 7) is 2.27. The van der Waals surface area contributed by atoms with Gasteiger partial charge in [0.1, 0.15) is 0 Å². The van der Waals surface area contributed by atoms with Gasteiger partial charge in [0.05, 0.1) is 0 Å². The van der Waals surface area contributed by atoms with Gasteiger partial charge in [0.15, 0.2) is 0 Å². The minimum absolute atomic E-state index is 0.389. The van der Waals surface area contributed by atoms with Crippen LogP contribution in [0.25, 0.3) is 0 Å². The van der Waals surface area contributed by atoms with Crippen molar-refractivity contribution in [1.29, 1.82) is 0 Å². The second-order valence-corrected chi connectivity index (χ2v) is 6.67. The van der Waals surface area contributed by atoms with Crippen LogP contribution in [0.3, 0.4) is 0 Å². The molecule has 0 bridgehead atoms. The Morgan fingerprint density at radius 1 is 1.33 bits per heavy atom. The highest BCUT2D eigenvalue weighted by Crippen LogP contribution is 2.37. The summed E-state index contributed by atoms with van der Waals surface area (Å²) in [4.78, 5) is 1.60. The lowest BCUT2D eigenvalue weighted by molar-refractivity contribution is 0.428. The highest BCUT2D eigenvalue weighted by Gasteiger charge is 2.25. The molecule has 2 rings (SSSR count). The molecule has 2 heteroatoms. The zero-order valence-electron chi connectivity index (χ0n) is 11.7. The van der Waals surface area contributed by atoms with Crippen LogP contribution in [-0.4, -0.2) is 6.04 Å². The maximum atomic E-state index is 6.44. The zero-order chi connectivity index (χ0) is 12.8. The molecule has 0 aromatic carbocycles. The Morgan fingerprint density at radius 2 is 2.17 bits per heavy atom. The molecule has 1 heterocycles. The van der Waals surface area contributed by atoms with Crippen LogP contribution >= 0.6 is 11.3 Å². The SMILES string of the molecule is CCCCCCCC(N)C1CCCc2sccc21. The first-order valence-electron chi connectivity index (χ1n) is 7.64. The summed E-state index contributed by atoms with van der Waals surface area (Å²) >= 11 is 1.93. The lowest BCUT2D eigenvalue weighted by Gasteiger charge is -2.28. The van der Waals surface area contributed by atoms with E-state index in [-0.39, 0.29) is 0 Å². The Labute approximate surface area is 116 Å². The Morgan fingerprint density at radius 3 is 3.00 bits per heavy atom. The van der Waals surface area contributed by atoms with Crippen molar-refractivity contribution < 1.29 is 0 Å². The number of aryl methyl sites for hydroxylation is 1. The van der Waals surface area contributed by atoms with E-state index >= 15 is 0 Å². The number of fused-ring (bicyclic) bond motifs is 1. The van der Waals surface area contributed by atoms with Gasteiger partial charge in [0.25, 0.3) is 0 Å². The van der Waals surface area contributed by atoms with E-state index in [1.54, 1.807) is 10.4 Å². The molecule has 2 N–H and O–H groups in total. The van der Waals surface area contributed by atoms with Crippen LogP contribution in [0.15, 0.2) is 11.4 Å². The van der Waals surface area contributed by atoms with Gasteiger partial charge in [0.2, 0.25) is 0 Å². The maximum absolute atomic E-state index is 6.44. The number of nitrogens with two attached hydrogens (primary N) is 1. The highest BCUT2D eigenvalue weighted by molar-refractivity contribution is 7.10. The Hall–Kier alpha value is -0.340. The number of rotatable bonds is 7. The molecule has 1 aromatic rings. The van der Waals surface area contributed by atoms with Crippen molar-refractivity contribution in [3.63, 3.8) is 0 Å². The monoisotopic (exact) mass is 265 g/mol. The molecule has 18 heavy (non-hydrogen) atoms. The van der Waals surface area contributed by atoms with E-state index in [1.807, 2.05) is 11.3 Å². The molecule has 0 saturated carbocycles. The fourth-order valence-corrected chi connectivity index (χ4v) is 4.15. The van der Waals surface area contributed by atoms with Gasteiger partial charge in [-0.05, 0) is 42.7 Å². The summed E-state index contributed by atoms with van der Waals surface area (Å²) in [7, 11) is 0. The predicted octanol–water partition coefficient (Wildman–Crippen LogP) is 4.86. The van der Waals surface area contributed by atoms with Crippen molar-refractivity contribution in [1.82, 2.24) is 0 Å². The van der Waals surface area contributed by atoms with Gasteiger partial charge in [-0.15, -0.1) is 11.3 Å². The van der Waals surface area contributed by atoms with Crippen LogP contribution in [0.2, 0.25) is 0 Å². The first kappa shape index (κ1) is 14.1. The molecule has 0 saturated heterocycles. The van der Waals surface area contributed by atoms with Crippen LogP contribution in [0.1, 0.15) is 74.6 Å². The van der Waals surface area contributed by atoms with Crippen LogP contribution in [-0.2, 0) is 6.42 Å². The summed E-state index contributed by atoms with van der Waals surface area (Å²) in [5.74, 6) is 0.645. The molecule has 0 amide bonds. The molecule has 0 radical (unpaired) electrons. The van der Waals surface area contributed by atoms with E-state index < -0.39 is 0 Å². The summed E-state index contributed by atoms with van der Waals surface area (Å²) in [5, 5.41) is 2.25. The van der Waals surface area contributed by atoms with Crippen LogP contribution < -0.4 is 5.73 Å². The van der Waals surface area contributed by atoms with Crippen LogP contribution in [0, 0.1) is 0 Å². The maximum Gasteiger partial charge on any atom is 0.0108 e. The number of hydrogen-bond donors (Lipinski definition) is 1. The molecule has 0 fully saturated rings. The van der Waals surface area contributed by atoms with Crippen molar-refractivity contribution in [3.8, 4) is 0 Å². The first-order valence-corrected chi connectivity index (χ1v) is 8.52. The summed E-state index contributed by atoms with van der Waals surface area (Å²) in [6, 6.07) is 2.71. The average molecular weight is 265 g/mol. The largest absolute Gasteiger partial charge is 0.327 e. The minimum atomic E-state index is 0.389. The third kappa shape index (κ3) is 3.58. The Kier molecular flexibility index (Phi) is 5.71. The fourth-order valence-electron chi connectivity index (χ4n) is 3.15. The lowest BCUT2D eigenvalue weighted by Crippen LogP contribution is -2.30. The second-order valence-electron chi connectivity index (χ2n) is 5.66. The van der Waals surface area contributed by atoms with Gasteiger partial charge >= 0.3 is 0 Å². The standard InChI is InChI=1S/C16H27NS/c1-2-3-4-5-6-9-15(17)13-8-7-10-16-14(13)11-12-18-16/h11-13,15H,2-10,17H2,1H3. The molecule has 0 aliphatic heterocycles. The third-order valence-corrected chi connectivity index (χ3v) is 5.25. The zero-order valence-corrected chi connectivity index (χ0v) is 12.5. The fraction of sp³-hybridized carbons (Fsp3) is 0.750. The quantitative estimate of drug-likeness (QED) is 0.700. The minimum Gasteiger partial charge on any atom is -0.327 e. The van der Waals surface area contributed by atoms with E-state index in [0.717, 1.165) is 0 Å². The van der Waals surface area contributed by atoms with Gasteiger partial charge in [-0.2, -0.15) is 0 Å². The van der Waals surface area contributed by atoms with E-state index in [9.17, 15) is 0 Å². The van der Waals surface area contributed by atoms with Crippen molar-refractivity contribution in [2.45, 2.75) is 76.7 Å². The molecular formula is C16H27NS. The van der Waals surface area contributed by atoms with Gasteiger partial charge in [-0.3, -0.25) is 0 Å². The predicted molar refractivity (Wildman–Crippen MR) is 81.3 cm³/mol. The summed E-state index contributed by atoms with van der Waals surface area (Å²) in [6.07, 6.45) is 11.9. The molecular weight excluding hydrogens is 238 g/mol. The first-order chi connectivity index (χ1) is 8.83. The van der Waals surface area contributed by atoms with Gasteiger partial charge in [-0.25, -0.2) is 0 Å². The molecule has 2 atom stereocenters. The van der Waals surface area contributed by atoms with Gasteiger partial charge in [-0.1, -0.05) is 39.0 Å². The topological polar surface area (TPSA) is 26.0 Å². The smallest absolute Gasteiger partial charge is 0.0108 e. The average Bonchev–Trinajstić information content (AvgIpc) is 2.86. The molecule has 0 spiro atoms. The molecule has 1 nitrogen and oxygen atoms in total. The Balaban J connectivity index is 1.78. The van der Waals surface area contributed by atoms with Crippen molar-refractivity contribution in [2.75, 3.05) is 0 Å². The molecule has 2 unspecified atom stereocenters. The lowest BCUT2D eigenvalue weighted by atomic mass is 9.81. The molecule has 1 aliphatic carbocycles. The summed E-state index contributed by atoms with van der Waals surface area (Å²) < 4.78 is 0. The Bertz CT molecular complexity index is 345. The normalized spacial score (nSPS) is 20.7. The van der Waals surface area contributed by atoms with Crippen molar-refractivity contribution >= 4 is 11.3 Å². The van der Waals surface area contributed by atoms with E-state index in [4.69, 9.17) is 5.73 Å². The number of hydrogen-bond acceptors (Lipinski definition) is 2. The number of unbranched alkanes of at least 4 members (excludes halogenated alkanes) is 4. The molecule has 1 aromatic heterocycles. The van der Waals surface area contributed by atoms with Crippen molar-refractivity contribution in [3.05, 3.63) is 21.9 Å². The van der Waals surface area contributed by atoms with E-state index in [0.29, 0.717) is 12.0 Å². The molecule has 1 aliphatic rings. The van der Waals surface area contributed by atoms with E-state index in [1.165, 1.54) is 57.8 Å². The number of thiophene rings is 1. The van der Waals surface area contributed by atoms with Gasteiger partial charge in [0, 0.05) is 16.8 Å². The van der Waals surface area contributed by atoms with Crippen LogP contribution in [0.4, 0.5) is 0 Å². The van der Waals surface area contributed by atoms with Crippen molar-refractivity contribution in [2.24, 2.45) is 5.73 Å². The third-order valence-electron chi connectivity index (χ3n) is 4.26. The summed E-state index contributed by atoms with van der Waals surface area (Å²) in [5.41, 5.74) is 8.02. The van der Waals surface area contributed by atoms with E-state index in [2.05, 4.69) is 18.4 Å². The van der Waals surface area contributed by atoms with Gasteiger partial charge < -0.3 is 5.73 Å². The second kappa shape index (κ2) is 7.30. The van der Waals surface area contributed by atoms with Crippen LogP contribution in [0.5, 0.6) is 0 Å². The molecule has 102 valence electrons.